The zero-order valence-electron chi connectivity index (χ0n) is 10.4. The molecule has 0 N–H and O–H groups in total. The Morgan fingerprint density at radius 2 is 2.21 bits per heavy atom. The SMILES string of the molecule is Cc1oc(-c2ccco2)nc1Cn1c(C)noc1=O. The Balaban J connectivity index is 1.96. The fourth-order valence-electron chi connectivity index (χ4n) is 1.74. The third kappa shape index (κ3) is 1.99. The normalized spacial score (nSPS) is 11.1. The average Bonchev–Trinajstić information content (AvgIpc) is 3.07. The number of oxazole rings is 1. The van der Waals surface area contributed by atoms with Gasteiger partial charge in [0.05, 0.1) is 12.8 Å². The summed E-state index contributed by atoms with van der Waals surface area (Å²) in [6.07, 6.45) is 1.54. The van der Waals surface area contributed by atoms with Crippen molar-refractivity contribution in [3.8, 4) is 11.7 Å². The number of hydrogen-bond donors (Lipinski definition) is 0. The van der Waals surface area contributed by atoms with Crippen molar-refractivity contribution >= 4 is 0 Å². The Morgan fingerprint density at radius 3 is 2.84 bits per heavy atom. The van der Waals surface area contributed by atoms with Crippen LogP contribution < -0.4 is 5.76 Å². The molecule has 0 saturated heterocycles. The van der Waals surface area contributed by atoms with Gasteiger partial charge in [0.2, 0.25) is 0 Å². The van der Waals surface area contributed by atoms with E-state index in [9.17, 15) is 4.79 Å². The second-order valence-corrected chi connectivity index (χ2v) is 4.08. The fourth-order valence-corrected chi connectivity index (χ4v) is 1.74. The van der Waals surface area contributed by atoms with Crippen LogP contribution in [-0.2, 0) is 6.54 Å². The molecule has 3 heterocycles. The minimum Gasteiger partial charge on any atom is -0.459 e. The van der Waals surface area contributed by atoms with Gasteiger partial charge in [0.1, 0.15) is 11.5 Å². The number of furan rings is 1. The molecule has 98 valence electrons. The summed E-state index contributed by atoms with van der Waals surface area (Å²) in [6, 6.07) is 3.51. The highest BCUT2D eigenvalue weighted by molar-refractivity contribution is 5.44. The van der Waals surface area contributed by atoms with Crippen molar-refractivity contribution in [3.05, 3.63) is 46.2 Å². The molecule has 0 spiro atoms. The van der Waals surface area contributed by atoms with Crippen molar-refractivity contribution in [1.82, 2.24) is 14.7 Å². The molecular formula is C12H11N3O4. The first-order valence-corrected chi connectivity index (χ1v) is 5.68. The molecule has 0 radical (unpaired) electrons. The molecule has 0 saturated carbocycles. The number of nitrogens with zero attached hydrogens (tertiary/aromatic N) is 3. The summed E-state index contributed by atoms with van der Waals surface area (Å²) in [5.41, 5.74) is 0.639. The first kappa shape index (κ1) is 11.5. The molecule has 0 aliphatic carbocycles. The molecule has 7 heteroatoms. The maximum absolute atomic E-state index is 11.4. The Bertz CT molecular complexity index is 748. The van der Waals surface area contributed by atoms with E-state index in [-0.39, 0.29) is 6.54 Å². The van der Waals surface area contributed by atoms with Crippen molar-refractivity contribution in [2.75, 3.05) is 0 Å². The van der Waals surface area contributed by atoms with E-state index >= 15 is 0 Å². The molecule has 0 fully saturated rings. The Labute approximate surface area is 107 Å². The van der Waals surface area contributed by atoms with Gasteiger partial charge < -0.3 is 8.83 Å². The number of rotatable bonds is 3. The Hall–Kier alpha value is -2.57. The lowest BCUT2D eigenvalue weighted by Gasteiger charge is -1.97. The third-order valence-electron chi connectivity index (χ3n) is 2.80. The number of aromatic nitrogens is 3. The standard InChI is InChI=1S/C12H11N3O4/c1-7-9(6-15-8(2)14-19-12(15)16)13-11(18-7)10-4-3-5-17-10/h3-5H,6H2,1-2H3. The van der Waals surface area contributed by atoms with Crippen molar-refractivity contribution in [1.29, 1.82) is 0 Å². The summed E-state index contributed by atoms with van der Waals surface area (Å²) in [5, 5.41) is 3.60. The van der Waals surface area contributed by atoms with Crippen LogP contribution in [0.15, 0.2) is 36.5 Å². The quantitative estimate of drug-likeness (QED) is 0.713. The van der Waals surface area contributed by atoms with Gasteiger partial charge in [-0.1, -0.05) is 5.16 Å². The van der Waals surface area contributed by atoms with Gasteiger partial charge in [0.25, 0.3) is 5.89 Å². The van der Waals surface area contributed by atoms with Crippen LogP contribution in [0.1, 0.15) is 17.3 Å². The average molecular weight is 261 g/mol. The van der Waals surface area contributed by atoms with Crippen LogP contribution in [0.5, 0.6) is 0 Å². The van der Waals surface area contributed by atoms with E-state index < -0.39 is 5.76 Å². The van der Waals surface area contributed by atoms with Crippen molar-refractivity contribution < 1.29 is 13.4 Å². The van der Waals surface area contributed by atoms with Gasteiger partial charge in [-0.15, -0.1) is 0 Å². The summed E-state index contributed by atoms with van der Waals surface area (Å²) in [7, 11) is 0. The van der Waals surface area contributed by atoms with E-state index in [1.54, 1.807) is 32.2 Å². The Morgan fingerprint density at radius 1 is 1.37 bits per heavy atom. The van der Waals surface area contributed by atoms with Crippen LogP contribution in [0.4, 0.5) is 0 Å². The molecule has 0 aliphatic rings. The molecule has 0 atom stereocenters. The van der Waals surface area contributed by atoms with E-state index in [2.05, 4.69) is 14.7 Å². The minimum absolute atomic E-state index is 0.254. The predicted molar refractivity (Wildman–Crippen MR) is 63.5 cm³/mol. The van der Waals surface area contributed by atoms with Gasteiger partial charge in [-0.2, -0.15) is 0 Å². The molecule has 0 unspecified atom stereocenters. The van der Waals surface area contributed by atoms with Gasteiger partial charge in [0.15, 0.2) is 11.6 Å². The summed E-state index contributed by atoms with van der Waals surface area (Å²) < 4.78 is 16.7. The van der Waals surface area contributed by atoms with Crippen LogP contribution >= 0.6 is 0 Å². The first-order chi connectivity index (χ1) is 9.15. The maximum Gasteiger partial charge on any atom is 0.441 e. The lowest BCUT2D eigenvalue weighted by atomic mass is 10.3. The highest BCUT2D eigenvalue weighted by Crippen LogP contribution is 2.22. The van der Waals surface area contributed by atoms with Gasteiger partial charge in [-0.3, -0.25) is 9.09 Å². The predicted octanol–water partition coefficient (Wildman–Crippen LogP) is 1.75. The molecule has 19 heavy (non-hydrogen) atoms. The second-order valence-electron chi connectivity index (χ2n) is 4.08. The lowest BCUT2D eigenvalue weighted by Crippen LogP contribution is -2.17. The van der Waals surface area contributed by atoms with Gasteiger partial charge >= 0.3 is 5.76 Å². The summed E-state index contributed by atoms with van der Waals surface area (Å²) in [5.74, 6) is 1.54. The summed E-state index contributed by atoms with van der Waals surface area (Å²) >= 11 is 0. The van der Waals surface area contributed by atoms with Crippen molar-refractivity contribution in [2.45, 2.75) is 20.4 Å². The van der Waals surface area contributed by atoms with E-state index in [4.69, 9.17) is 8.83 Å². The van der Waals surface area contributed by atoms with Crippen LogP contribution in [-0.4, -0.2) is 14.7 Å². The largest absolute Gasteiger partial charge is 0.459 e. The van der Waals surface area contributed by atoms with E-state index in [1.807, 2.05) is 0 Å². The number of hydrogen-bond acceptors (Lipinski definition) is 6. The third-order valence-corrected chi connectivity index (χ3v) is 2.80. The van der Waals surface area contributed by atoms with Crippen molar-refractivity contribution in [2.24, 2.45) is 0 Å². The number of aryl methyl sites for hydroxylation is 2. The van der Waals surface area contributed by atoms with Crippen LogP contribution in [0.25, 0.3) is 11.7 Å². The fraction of sp³-hybridized carbons (Fsp3) is 0.250. The Kier molecular flexibility index (Phi) is 2.59. The second kappa shape index (κ2) is 4.27. The first-order valence-electron chi connectivity index (χ1n) is 5.68. The zero-order valence-corrected chi connectivity index (χ0v) is 10.4. The molecular weight excluding hydrogens is 250 g/mol. The molecule has 0 aromatic carbocycles. The molecule has 0 amide bonds. The molecule has 0 aliphatic heterocycles. The monoisotopic (exact) mass is 261 g/mol. The summed E-state index contributed by atoms with van der Waals surface area (Å²) in [6.45, 7) is 3.72. The zero-order chi connectivity index (χ0) is 13.4. The topological polar surface area (TPSA) is 87.2 Å². The molecule has 3 aromatic rings. The minimum atomic E-state index is -0.514. The highest BCUT2D eigenvalue weighted by Gasteiger charge is 2.16. The van der Waals surface area contributed by atoms with Gasteiger partial charge in [-0.25, -0.2) is 9.78 Å². The lowest BCUT2D eigenvalue weighted by molar-refractivity contribution is 0.375. The van der Waals surface area contributed by atoms with Crippen LogP contribution in [0, 0.1) is 13.8 Å². The van der Waals surface area contributed by atoms with E-state index in [0.29, 0.717) is 28.9 Å². The summed E-state index contributed by atoms with van der Waals surface area (Å²) in [4.78, 5) is 15.8. The van der Waals surface area contributed by atoms with E-state index in [0.717, 1.165) is 0 Å². The van der Waals surface area contributed by atoms with Crippen LogP contribution in [0.2, 0.25) is 0 Å². The molecule has 3 rings (SSSR count). The molecule has 7 nitrogen and oxygen atoms in total. The smallest absolute Gasteiger partial charge is 0.441 e. The van der Waals surface area contributed by atoms with Gasteiger partial charge in [0, 0.05) is 0 Å². The highest BCUT2D eigenvalue weighted by atomic mass is 16.5. The molecule has 3 aromatic heterocycles. The molecule has 0 bridgehead atoms. The van der Waals surface area contributed by atoms with E-state index in [1.165, 1.54) is 4.57 Å². The van der Waals surface area contributed by atoms with Gasteiger partial charge in [-0.05, 0) is 26.0 Å². The van der Waals surface area contributed by atoms with Crippen molar-refractivity contribution in [3.63, 3.8) is 0 Å². The van der Waals surface area contributed by atoms with Crippen LogP contribution in [0.3, 0.4) is 0 Å². The maximum atomic E-state index is 11.4.